The first-order valence-corrected chi connectivity index (χ1v) is 6.46. The van der Waals surface area contributed by atoms with E-state index >= 15 is 0 Å². The predicted octanol–water partition coefficient (Wildman–Crippen LogP) is 2.48. The Morgan fingerprint density at radius 2 is 2.28 bits per heavy atom. The Bertz CT molecular complexity index is 432. The van der Waals surface area contributed by atoms with Crippen LogP contribution < -0.4 is 10.6 Å². The van der Waals surface area contributed by atoms with Crippen molar-refractivity contribution in [2.75, 3.05) is 20.1 Å². The summed E-state index contributed by atoms with van der Waals surface area (Å²) in [5.74, 6) is 0.499. The van der Waals surface area contributed by atoms with Crippen molar-refractivity contribution in [3.63, 3.8) is 0 Å². The van der Waals surface area contributed by atoms with Crippen molar-refractivity contribution in [2.45, 2.75) is 6.42 Å². The van der Waals surface area contributed by atoms with Gasteiger partial charge in [0.15, 0.2) is 5.96 Å². The summed E-state index contributed by atoms with van der Waals surface area (Å²) >= 11 is 3.33. The first kappa shape index (κ1) is 14.7. The van der Waals surface area contributed by atoms with E-state index in [-0.39, 0.29) is 5.82 Å². The summed E-state index contributed by atoms with van der Waals surface area (Å²) in [7, 11) is 1.69. The number of rotatable bonds is 5. The molecule has 0 atom stereocenters. The fourth-order valence-electron chi connectivity index (χ4n) is 1.44. The molecule has 0 fully saturated rings. The fourth-order valence-corrected chi connectivity index (χ4v) is 1.85. The van der Waals surface area contributed by atoms with Crippen molar-refractivity contribution in [1.29, 1.82) is 0 Å². The average Bonchev–Trinajstić information content (AvgIpc) is 2.37. The zero-order chi connectivity index (χ0) is 13.4. The van der Waals surface area contributed by atoms with E-state index in [1.807, 2.05) is 0 Å². The van der Waals surface area contributed by atoms with Crippen LogP contribution in [0.2, 0.25) is 0 Å². The minimum atomic E-state index is -0.186. The zero-order valence-electron chi connectivity index (χ0n) is 10.3. The summed E-state index contributed by atoms with van der Waals surface area (Å²) in [4.78, 5) is 4.04. The number of aliphatic imine (C=N–C) groups is 1. The first-order valence-electron chi connectivity index (χ1n) is 5.66. The summed E-state index contributed by atoms with van der Waals surface area (Å²) in [5.41, 5.74) is 0.677. The van der Waals surface area contributed by atoms with E-state index < -0.39 is 0 Å². The molecule has 2 N–H and O–H groups in total. The van der Waals surface area contributed by atoms with Crippen LogP contribution in [0.3, 0.4) is 0 Å². The van der Waals surface area contributed by atoms with Crippen LogP contribution in [-0.2, 0) is 6.42 Å². The van der Waals surface area contributed by atoms with E-state index in [2.05, 4.69) is 38.1 Å². The summed E-state index contributed by atoms with van der Waals surface area (Å²) in [6, 6.07) is 4.94. The normalized spacial score (nSPS) is 11.2. The van der Waals surface area contributed by atoms with Crippen molar-refractivity contribution >= 4 is 21.9 Å². The van der Waals surface area contributed by atoms with E-state index in [9.17, 15) is 4.39 Å². The Hall–Kier alpha value is -1.36. The monoisotopic (exact) mass is 313 g/mol. The van der Waals surface area contributed by atoms with Crippen molar-refractivity contribution in [3.8, 4) is 0 Å². The van der Waals surface area contributed by atoms with E-state index in [1.54, 1.807) is 25.3 Å². The Morgan fingerprint density at radius 3 is 2.94 bits per heavy atom. The van der Waals surface area contributed by atoms with E-state index in [4.69, 9.17) is 0 Å². The lowest BCUT2D eigenvalue weighted by Gasteiger charge is -2.10. The number of guanidine groups is 1. The molecule has 0 radical (unpaired) electrons. The maximum atomic E-state index is 13.5. The van der Waals surface area contributed by atoms with Gasteiger partial charge in [-0.05, 0) is 30.2 Å². The van der Waals surface area contributed by atoms with Crippen molar-refractivity contribution in [1.82, 2.24) is 10.6 Å². The highest BCUT2D eigenvalue weighted by Crippen LogP contribution is 2.15. The summed E-state index contributed by atoms with van der Waals surface area (Å²) < 4.78 is 14.4. The molecule has 3 nitrogen and oxygen atoms in total. The molecule has 1 aromatic carbocycles. The number of hydrogen-bond acceptors (Lipinski definition) is 1. The van der Waals surface area contributed by atoms with Crippen LogP contribution >= 0.6 is 15.9 Å². The Kier molecular flexibility index (Phi) is 6.43. The smallest absolute Gasteiger partial charge is 0.191 e. The number of nitrogens with zero attached hydrogens (tertiary/aromatic N) is 1. The van der Waals surface area contributed by atoms with Crippen LogP contribution in [0.4, 0.5) is 4.39 Å². The van der Waals surface area contributed by atoms with Gasteiger partial charge in [0.05, 0.1) is 0 Å². The molecule has 0 saturated carbocycles. The lowest BCUT2D eigenvalue weighted by Crippen LogP contribution is -2.38. The van der Waals surface area contributed by atoms with Crippen LogP contribution in [0.15, 0.2) is 40.3 Å². The largest absolute Gasteiger partial charge is 0.356 e. The van der Waals surface area contributed by atoms with Crippen LogP contribution in [-0.4, -0.2) is 26.1 Å². The van der Waals surface area contributed by atoms with Gasteiger partial charge in [-0.15, -0.1) is 6.58 Å². The molecular formula is C13H17BrFN3. The molecule has 0 spiro atoms. The molecule has 0 saturated heterocycles. The van der Waals surface area contributed by atoms with Crippen molar-refractivity contribution in [3.05, 3.63) is 46.7 Å². The lowest BCUT2D eigenvalue weighted by molar-refractivity contribution is 0.606. The number of benzene rings is 1. The molecule has 0 aromatic heterocycles. The van der Waals surface area contributed by atoms with Gasteiger partial charge in [0, 0.05) is 24.6 Å². The minimum Gasteiger partial charge on any atom is -0.356 e. The van der Waals surface area contributed by atoms with Crippen LogP contribution in [0, 0.1) is 5.82 Å². The summed E-state index contributed by atoms with van der Waals surface area (Å²) in [6.45, 7) is 4.88. The number of hydrogen-bond donors (Lipinski definition) is 2. The highest BCUT2D eigenvalue weighted by Gasteiger charge is 2.03. The zero-order valence-corrected chi connectivity index (χ0v) is 11.9. The SMILES string of the molecule is C=CCNC(=NC)NCCc1cc(Br)ccc1F. The standard InChI is InChI=1S/C13H17BrFN3/c1-3-7-17-13(16-2)18-8-6-10-9-11(14)4-5-12(10)15/h3-5,9H,1,6-8H2,2H3,(H2,16,17,18). The van der Waals surface area contributed by atoms with Gasteiger partial charge >= 0.3 is 0 Å². The van der Waals surface area contributed by atoms with Crippen LogP contribution in [0.1, 0.15) is 5.56 Å². The second kappa shape index (κ2) is 7.87. The van der Waals surface area contributed by atoms with Gasteiger partial charge in [0.2, 0.25) is 0 Å². The molecule has 5 heteroatoms. The fraction of sp³-hybridized carbons (Fsp3) is 0.308. The highest BCUT2D eigenvalue weighted by molar-refractivity contribution is 9.10. The van der Waals surface area contributed by atoms with Crippen LogP contribution in [0.25, 0.3) is 0 Å². The van der Waals surface area contributed by atoms with Gasteiger partial charge in [-0.25, -0.2) is 4.39 Å². The third-order valence-electron chi connectivity index (χ3n) is 2.33. The topological polar surface area (TPSA) is 36.4 Å². The van der Waals surface area contributed by atoms with Crippen LogP contribution in [0.5, 0.6) is 0 Å². The van der Waals surface area contributed by atoms with E-state index in [1.165, 1.54) is 6.07 Å². The Labute approximate surface area is 115 Å². The molecule has 0 heterocycles. The molecule has 0 amide bonds. The third kappa shape index (κ3) is 4.87. The maximum Gasteiger partial charge on any atom is 0.191 e. The van der Waals surface area contributed by atoms with Gasteiger partial charge < -0.3 is 10.6 Å². The molecule has 0 aliphatic heterocycles. The van der Waals surface area contributed by atoms with Gasteiger partial charge in [0.25, 0.3) is 0 Å². The second-order valence-corrected chi connectivity index (χ2v) is 4.57. The molecule has 0 bridgehead atoms. The molecular weight excluding hydrogens is 297 g/mol. The van der Waals surface area contributed by atoms with Gasteiger partial charge in [-0.2, -0.15) is 0 Å². The predicted molar refractivity (Wildman–Crippen MR) is 77.4 cm³/mol. The molecule has 0 unspecified atom stereocenters. The first-order chi connectivity index (χ1) is 8.67. The number of halogens is 2. The number of nitrogens with one attached hydrogen (secondary N) is 2. The van der Waals surface area contributed by atoms with E-state index in [0.29, 0.717) is 31.0 Å². The summed E-state index contributed by atoms with van der Waals surface area (Å²) in [5, 5.41) is 6.16. The van der Waals surface area contributed by atoms with Gasteiger partial charge in [-0.3, -0.25) is 4.99 Å². The molecule has 18 heavy (non-hydrogen) atoms. The Morgan fingerprint density at radius 1 is 1.50 bits per heavy atom. The third-order valence-corrected chi connectivity index (χ3v) is 2.83. The second-order valence-electron chi connectivity index (χ2n) is 3.65. The Balaban J connectivity index is 2.45. The van der Waals surface area contributed by atoms with Crippen molar-refractivity contribution < 1.29 is 4.39 Å². The summed E-state index contributed by atoms with van der Waals surface area (Å²) in [6.07, 6.45) is 2.35. The minimum absolute atomic E-state index is 0.186. The lowest BCUT2D eigenvalue weighted by atomic mass is 10.1. The quantitative estimate of drug-likeness (QED) is 0.498. The molecule has 0 aliphatic carbocycles. The van der Waals surface area contributed by atoms with Gasteiger partial charge in [-0.1, -0.05) is 22.0 Å². The molecule has 98 valence electrons. The molecule has 1 rings (SSSR count). The van der Waals surface area contributed by atoms with E-state index in [0.717, 1.165) is 4.47 Å². The molecule has 1 aromatic rings. The molecule has 0 aliphatic rings. The maximum absolute atomic E-state index is 13.5. The highest BCUT2D eigenvalue weighted by atomic mass is 79.9. The average molecular weight is 314 g/mol. The van der Waals surface area contributed by atoms with Gasteiger partial charge in [0.1, 0.15) is 5.82 Å². The van der Waals surface area contributed by atoms with Crippen molar-refractivity contribution in [2.24, 2.45) is 4.99 Å².